The van der Waals surface area contributed by atoms with Crippen LogP contribution >= 0.6 is 0 Å². The first kappa shape index (κ1) is 18.7. The van der Waals surface area contributed by atoms with Crippen molar-refractivity contribution in [3.05, 3.63) is 66.0 Å². The molecule has 0 fully saturated rings. The lowest BCUT2D eigenvalue weighted by molar-refractivity contribution is -0.139. The molecule has 29 heavy (non-hydrogen) atoms. The number of nitrogens with zero attached hydrogens (tertiary/aromatic N) is 3. The number of fused-ring (bicyclic) bond motifs is 1. The van der Waals surface area contributed by atoms with Gasteiger partial charge < -0.3 is 9.84 Å². The van der Waals surface area contributed by atoms with Crippen molar-refractivity contribution < 1.29 is 19.4 Å². The average Bonchev–Trinajstić information content (AvgIpc) is 3.17. The molecule has 0 spiro atoms. The quantitative estimate of drug-likeness (QED) is 0.686. The van der Waals surface area contributed by atoms with Crippen molar-refractivity contribution in [2.75, 3.05) is 5.32 Å². The van der Waals surface area contributed by atoms with Gasteiger partial charge in [0.25, 0.3) is 0 Å². The number of aromatic nitrogens is 3. The number of anilines is 1. The Morgan fingerprint density at radius 2 is 2.00 bits per heavy atom. The van der Waals surface area contributed by atoms with Crippen LogP contribution in [0.15, 0.2) is 54.6 Å². The third kappa shape index (κ3) is 4.26. The van der Waals surface area contributed by atoms with E-state index in [0.717, 1.165) is 12.0 Å². The highest BCUT2D eigenvalue weighted by molar-refractivity contribution is 5.85. The highest BCUT2D eigenvalue weighted by atomic mass is 16.5. The standard InChI is InChI=1S/C21H20N4O4/c26-20(27)17-10-5-11-25-19(17)23-18(24-25)15-8-4-9-16(12-15)22-21(28)29-13-14-6-2-1-3-7-14/h1-4,6-9,12,17H,5,10-11,13H2,(H,22,28)(H,26,27). The first-order valence-corrected chi connectivity index (χ1v) is 9.36. The largest absolute Gasteiger partial charge is 0.481 e. The van der Waals surface area contributed by atoms with Crippen molar-refractivity contribution in [1.82, 2.24) is 14.8 Å². The van der Waals surface area contributed by atoms with Crippen molar-refractivity contribution in [3.63, 3.8) is 0 Å². The number of hydrogen-bond donors (Lipinski definition) is 2. The number of aliphatic carboxylic acids is 1. The number of carboxylic acid groups (broad SMARTS) is 1. The van der Waals surface area contributed by atoms with Gasteiger partial charge in [-0.3, -0.25) is 10.1 Å². The minimum atomic E-state index is -0.888. The monoisotopic (exact) mass is 392 g/mol. The maximum Gasteiger partial charge on any atom is 0.411 e. The van der Waals surface area contributed by atoms with E-state index in [1.807, 2.05) is 36.4 Å². The Hall–Kier alpha value is -3.68. The topological polar surface area (TPSA) is 106 Å². The van der Waals surface area contributed by atoms with Gasteiger partial charge in [0.05, 0.1) is 0 Å². The van der Waals surface area contributed by atoms with E-state index in [9.17, 15) is 14.7 Å². The van der Waals surface area contributed by atoms with Crippen LogP contribution in [-0.4, -0.2) is 31.9 Å². The van der Waals surface area contributed by atoms with Crippen molar-refractivity contribution in [1.29, 1.82) is 0 Å². The Morgan fingerprint density at radius 1 is 1.17 bits per heavy atom. The summed E-state index contributed by atoms with van der Waals surface area (Å²) < 4.78 is 6.89. The van der Waals surface area contributed by atoms with Crippen molar-refractivity contribution in [3.8, 4) is 11.4 Å². The fraction of sp³-hybridized carbons (Fsp3) is 0.238. The molecule has 0 aliphatic carbocycles. The van der Waals surface area contributed by atoms with Crippen molar-refractivity contribution in [2.24, 2.45) is 0 Å². The molecule has 2 heterocycles. The van der Waals surface area contributed by atoms with Crippen LogP contribution in [0.3, 0.4) is 0 Å². The van der Waals surface area contributed by atoms with E-state index < -0.39 is 18.0 Å². The summed E-state index contributed by atoms with van der Waals surface area (Å²) >= 11 is 0. The number of carbonyl (C=O) groups is 2. The smallest absolute Gasteiger partial charge is 0.411 e. The van der Waals surface area contributed by atoms with Gasteiger partial charge >= 0.3 is 12.1 Å². The van der Waals surface area contributed by atoms with Gasteiger partial charge in [0.2, 0.25) is 0 Å². The Labute approximate surface area is 167 Å². The summed E-state index contributed by atoms with van der Waals surface area (Å²) in [6.07, 6.45) is 0.748. The predicted octanol–water partition coefficient (Wildman–Crippen LogP) is 3.66. The fourth-order valence-electron chi connectivity index (χ4n) is 3.32. The van der Waals surface area contributed by atoms with Crippen molar-refractivity contribution in [2.45, 2.75) is 31.9 Å². The van der Waals surface area contributed by atoms with Crippen LogP contribution in [0.5, 0.6) is 0 Å². The van der Waals surface area contributed by atoms with Crippen molar-refractivity contribution >= 4 is 17.7 Å². The number of ether oxygens (including phenoxy) is 1. The van der Waals surface area contributed by atoms with Crippen LogP contribution in [0.25, 0.3) is 11.4 Å². The molecular weight excluding hydrogens is 372 g/mol. The highest BCUT2D eigenvalue weighted by Gasteiger charge is 2.30. The second-order valence-corrected chi connectivity index (χ2v) is 6.82. The molecule has 3 aromatic rings. The van der Waals surface area contributed by atoms with Crippen LogP contribution in [0.1, 0.15) is 30.1 Å². The molecule has 8 nitrogen and oxygen atoms in total. The number of hydrogen-bond acceptors (Lipinski definition) is 5. The molecule has 1 aromatic heterocycles. The van der Waals surface area contributed by atoms with Gasteiger partial charge in [-0.15, -0.1) is 0 Å². The molecule has 0 bridgehead atoms. The average molecular weight is 392 g/mol. The van der Waals surface area contributed by atoms with Crippen LogP contribution < -0.4 is 5.32 Å². The summed E-state index contributed by atoms with van der Waals surface area (Å²) in [6, 6.07) is 16.5. The molecule has 1 unspecified atom stereocenters. The minimum Gasteiger partial charge on any atom is -0.481 e. The summed E-state index contributed by atoms with van der Waals surface area (Å²) in [7, 11) is 0. The number of benzene rings is 2. The Balaban J connectivity index is 1.46. The van der Waals surface area contributed by atoms with Crippen LogP contribution in [-0.2, 0) is 22.7 Å². The fourth-order valence-corrected chi connectivity index (χ4v) is 3.32. The molecule has 2 N–H and O–H groups in total. The second-order valence-electron chi connectivity index (χ2n) is 6.82. The molecular formula is C21H20N4O4. The van der Waals surface area contributed by atoms with Gasteiger partial charge in [-0.05, 0) is 30.5 Å². The maximum absolute atomic E-state index is 12.1. The van der Waals surface area contributed by atoms with Gasteiger partial charge in [-0.25, -0.2) is 14.5 Å². The first-order chi connectivity index (χ1) is 14.1. The summed E-state index contributed by atoms with van der Waals surface area (Å²) in [4.78, 5) is 28.0. The van der Waals surface area contributed by atoms with E-state index in [4.69, 9.17) is 4.74 Å². The van der Waals surface area contributed by atoms with Crippen LogP contribution in [0.2, 0.25) is 0 Å². The molecule has 1 amide bonds. The van der Waals surface area contributed by atoms with Gasteiger partial charge in [-0.2, -0.15) is 5.10 Å². The third-order valence-electron chi connectivity index (χ3n) is 4.75. The Bertz CT molecular complexity index is 1030. The summed E-state index contributed by atoms with van der Waals surface area (Å²) in [5.41, 5.74) is 2.14. The SMILES string of the molecule is O=C(Nc1cccc(-c2nc3n(n2)CCCC3C(=O)O)c1)OCc1ccccc1. The Morgan fingerprint density at radius 3 is 2.79 bits per heavy atom. The van der Waals surface area contributed by atoms with Gasteiger partial charge in [0.1, 0.15) is 18.3 Å². The summed E-state index contributed by atoms with van der Waals surface area (Å²) in [5, 5.41) is 16.5. The normalized spacial score (nSPS) is 15.4. The van der Waals surface area contributed by atoms with Gasteiger partial charge in [0.15, 0.2) is 5.82 Å². The number of carbonyl (C=O) groups excluding carboxylic acids is 1. The van der Waals surface area contributed by atoms with Gasteiger partial charge in [-0.1, -0.05) is 42.5 Å². The summed E-state index contributed by atoms with van der Waals surface area (Å²) in [5.74, 6) is -0.616. The molecule has 0 radical (unpaired) electrons. The third-order valence-corrected chi connectivity index (χ3v) is 4.75. The van der Waals surface area contributed by atoms with E-state index >= 15 is 0 Å². The lowest BCUT2D eigenvalue weighted by Gasteiger charge is -2.17. The molecule has 0 saturated carbocycles. The maximum atomic E-state index is 12.1. The second kappa shape index (κ2) is 8.14. The lowest BCUT2D eigenvalue weighted by Crippen LogP contribution is -2.22. The number of amides is 1. The molecule has 8 heteroatoms. The molecule has 4 rings (SSSR count). The van der Waals surface area contributed by atoms with Crippen LogP contribution in [0.4, 0.5) is 10.5 Å². The Kier molecular flexibility index (Phi) is 5.24. The molecule has 0 saturated heterocycles. The first-order valence-electron chi connectivity index (χ1n) is 9.36. The predicted molar refractivity (Wildman–Crippen MR) is 105 cm³/mol. The molecule has 1 aliphatic heterocycles. The van der Waals surface area contributed by atoms with Gasteiger partial charge in [0, 0.05) is 17.8 Å². The van der Waals surface area contributed by atoms with E-state index in [-0.39, 0.29) is 6.61 Å². The number of carboxylic acids is 1. The van der Waals surface area contributed by atoms with E-state index in [1.54, 1.807) is 22.9 Å². The highest BCUT2D eigenvalue weighted by Crippen LogP contribution is 2.29. The molecule has 2 aromatic carbocycles. The number of aryl methyl sites for hydroxylation is 1. The van der Waals surface area contributed by atoms with E-state index in [0.29, 0.717) is 35.9 Å². The number of rotatable bonds is 5. The zero-order valence-electron chi connectivity index (χ0n) is 15.6. The van der Waals surface area contributed by atoms with E-state index in [2.05, 4.69) is 15.4 Å². The zero-order valence-corrected chi connectivity index (χ0v) is 15.6. The van der Waals surface area contributed by atoms with E-state index in [1.165, 1.54) is 0 Å². The summed E-state index contributed by atoms with van der Waals surface area (Å²) in [6.45, 7) is 0.828. The zero-order chi connectivity index (χ0) is 20.2. The lowest BCUT2D eigenvalue weighted by atomic mass is 10.00. The van der Waals surface area contributed by atoms with Crippen LogP contribution in [0, 0.1) is 0 Å². The number of nitrogens with one attached hydrogen (secondary N) is 1. The molecule has 148 valence electrons. The minimum absolute atomic E-state index is 0.179. The molecule has 1 atom stereocenters. The molecule has 1 aliphatic rings.